The second kappa shape index (κ2) is 4.74. The molecule has 0 saturated heterocycles. The molecule has 0 aliphatic carbocycles. The fourth-order valence-corrected chi connectivity index (χ4v) is 2.42. The topological polar surface area (TPSA) is 52.0 Å². The molecule has 6 heteroatoms. The van der Waals surface area contributed by atoms with E-state index in [0.29, 0.717) is 5.88 Å². The average Bonchev–Trinajstić information content (AvgIpc) is 2.77. The molecule has 0 bridgehead atoms. The summed E-state index contributed by atoms with van der Waals surface area (Å²) in [5.74, 6) is 0.352. The fraction of sp³-hybridized carbons (Fsp3) is 0.250. The van der Waals surface area contributed by atoms with Crippen LogP contribution < -0.4 is 0 Å². The molecule has 96 valence electrons. The summed E-state index contributed by atoms with van der Waals surface area (Å²) in [6, 6.07) is 5.78. The predicted octanol–water partition coefficient (Wildman–Crippen LogP) is 2.32. The van der Waals surface area contributed by atoms with Gasteiger partial charge in [0.15, 0.2) is 9.84 Å². The smallest absolute Gasteiger partial charge is 0.178 e. The number of alkyl halides is 1. The molecular formula is C12H13ClN2O2S. The summed E-state index contributed by atoms with van der Waals surface area (Å²) in [4.78, 5) is 0.198. The van der Waals surface area contributed by atoms with Gasteiger partial charge in [-0.3, -0.25) is 0 Å². The molecule has 0 aliphatic rings. The fourth-order valence-electron chi connectivity index (χ4n) is 1.67. The molecule has 0 spiro atoms. The number of hydrogen-bond acceptors (Lipinski definition) is 3. The zero-order valence-corrected chi connectivity index (χ0v) is 11.7. The third kappa shape index (κ3) is 2.57. The Hall–Kier alpha value is -1.33. The van der Waals surface area contributed by atoms with Crippen LogP contribution in [0.15, 0.2) is 35.5 Å². The lowest BCUT2D eigenvalue weighted by Gasteiger charge is -2.07. The number of rotatable bonds is 3. The van der Waals surface area contributed by atoms with Crippen LogP contribution in [0, 0.1) is 6.92 Å². The van der Waals surface area contributed by atoms with Crippen LogP contribution in [-0.2, 0) is 15.7 Å². The van der Waals surface area contributed by atoms with Crippen LogP contribution in [0.3, 0.4) is 0 Å². The Bertz CT molecular complexity index is 677. The first-order valence-corrected chi connectivity index (χ1v) is 7.75. The van der Waals surface area contributed by atoms with Gasteiger partial charge in [0.05, 0.1) is 11.9 Å². The van der Waals surface area contributed by atoms with E-state index in [1.165, 1.54) is 17.1 Å². The summed E-state index contributed by atoms with van der Waals surface area (Å²) >= 11 is 5.89. The second-order valence-corrected chi connectivity index (χ2v) is 6.44. The van der Waals surface area contributed by atoms with Crippen molar-refractivity contribution in [2.75, 3.05) is 6.26 Å². The molecule has 0 fully saturated rings. The normalized spacial score (nSPS) is 11.7. The summed E-state index contributed by atoms with van der Waals surface area (Å²) in [5.41, 5.74) is 2.82. The van der Waals surface area contributed by atoms with Crippen molar-refractivity contribution in [2.24, 2.45) is 0 Å². The minimum absolute atomic E-state index is 0.198. The number of sulfone groups is 1. The van der Waals surface area contributed by atoms with E-state index in [-0.39, 0.29) is 4.90 Å². The molecule has 1 heterocycles. The second-order valence-electron chi connectivity index (χ2n) is 4.16. The van der Waals surface area contributed by atoms with Crippen LogP contribution in [0.5, 0.6) is 0 Å². The van der Waals surface area contributed by atoms with Crippen molar-refractivity contribution in [1.82, 2.24) is 9.78 Å². The van der Waals surface area contributed by atoms with Crippen molar-refractivity contribution < 1.29 is 8.42 Å². The molecule has 0 atom stereocenters. The summed E-state index contributed by atoms with van der Waals surface area (Å²) < 4.78 is 24.3. The zero-order valence-electron chi connectivity index (χ0n) is 10.1. The van der Waals surface area contributed by atoms with Crippen LogP contribution in [0.1, 0.15) is 11.1 Å². The Labute approximate surface area is 111 Å². The van der Waals surface area contributed by atoms with E-state index in [1.54, 1.807) is 0 Å². The molecule has 4 nitrogen and oxygen atoms in total. The number of aryl methyl sites for hydroxylation is 1. The van der Waals surface area contributed by atoms with Gasteiger partial charge in [-0.25, -0.2) is 13.1 Å². The number of halogens is 1. The Morgan fingerprint density at radius 2 is 2.11 bits per heavy atom. The molecule has 1 aromatic heterocycles. The Morgan fingerprint density at radius 1 is 1.39 bits per heavy atom. The lowest BCUT2D eigenvalue weighted by molar-refractivity contribution is 0.602. The standard InChI is InChI=1S/C12H13ClN2O2S/c1-9-3-4-12(10(5-9)6-13)15-8-11(7-14-15)18(2,16)17/h3-5,7-8H,6H2,1-2H3. The molecule has 2 rings (SSSR count). The van der Waals surface area contributed by atoms with E-state index < -0.39 is 9.84 Å². The van der Waals surface area contributed by atoms with Gasteiger partial charge in [0.25, 0.3) is 0 Å². The van der Waals surface area contributed by atoms with Crippen LogP contribution in [0.4, 0.5) is 0 Å². The van der Waals surface area contributed by atoms with Crippen molar-refractivity contribution >= 4 is 21.4 Å². The molecule has 18 heavy (non-hydrogen) atoms. The van der Waals surface area contributed by atoms with Gasteiger partial charge < -0.3 is 0 Å². The maximum Gasteiger partial charge on any atom is 0.178 e. The number of benzene rings is 1. The van der Waals surface area contributed by atoms with Crippen molar-refractivity contribution in [3.8, 4) is 5.69 Å². The summed E-state index contributed by atoms with van der Waals surface area (Å²) in [6.07, 6.45) is 4.00. The third-order valence-electron chi connectivity index (χ3n) is 2.61. The molecule has 0 aliphatic heterocycles. The van der Waals surface area contributed by atoms with Gasteiger partial charge in [0, 0.05) is 18.3 Å². The maximum absolute atomic E-state index is 11.4. The van der Waals surface area contributed by atoms with Gasteiger partial charge in [0.2, 0.25) is 0 Å². The third-order valence-corrected chi connectivity index (χ3v) is 3.97. The van der Waals surface area contributed by atoms with Crippen molar-refractivity contribution in [2.45, 2.75) is 17.7 Å². The predicted molar refractivity (Wildman–Crippen MR) is 71.0 cm³/mol. The number of hydrogen-bond donors (Lipinski definition) is 0. The van der Waals surface area contributed by atoms with E-state index in [2.05, 4.69) is 5.10 Å². The Morgan fingerprint density at radius 3 is 2.67 bits per heavy atom. The van der Waals surface area contributed by atoms with Gasteiger partial charge in [-0.1, -0.05) is 17.7 Å². The van der Waals surface area contributed by atoms with Crippen LogP contribution >= 0.6 is 11.6 Å². The quantitative estimate of drug-likeness (QED) is 0.813. The zero-order chi connectivity index (χ0) is 13.3. The molecule has 0 amide bonds. The highest BCUT2D eigenvalue weighted by atomic mass is 35.5. The summed E-state index contributed by atoms with van der Waals surface area (Å²) in [5, 5.41) is 4.07. The van der Waals surface area contributed by atoms with E-state index in [0.717, 1.165) is 23.1 Å². The van der Waals surface area contributed by atoms with E-state index in [4.69, 9.17) is 11.6 Å². The first-order valence-electron chi connectivity index (χ1n) is 5.32. The molecule has 2 aromatic rings. The molecule has 0 N–H and O–H groups in total. The van der Waals surface area contributed by atoms with E-state index in [1.807, 2.05) is 25.1 Å². The SMILES string of the molecule is Cc1ccc(-n2cc(S(C)(=O)=O)cn2)c(CCl)c1. The van der Waals surface area contributed by atoms with Crippen molar-refractivity contribution in [3.63, 3.8) is 0 Å². The highest BCUT2D eigenvalue weighted by Gasteiger charge is 2.12. The summed E-state index contributed by atoms with van der Waals surface area (Å²) in [7, 11) is -3.23. The highest BCUT2D eigenvalue weighted by molar-refractivity contribution is 7.90. The van der Waals surface area contributed by atoms with Crippen LogP contribution in [0.2, 0.25) is 0 Å². The van der Waals surface area contributed by atoms with Crippen molar-refractivity contribution in [3.05, 3.63) is 41.7 Å². The average molecular weight is 285 g/mol. The van der Waals surface area contributed by atoms with Crippen molar-refractivity contribution in [1.29, 1.82) is 0 Å². The molecule has 0 saturated carbocycles. The van der Waals surface area contributed by atoms with Gasteiger partial charge in [-0.2, -0.15) is 5.10 Å². The number of nitrogens with zero attached hydrogens (tertiary/aromatic N) is 2. The van der Waals surface area contributed by atoms with Gasteiger partial charge in [-0.15, -0.1) is 11.6 Å². The van der Waals surface area contributed by atoms with E-state index in [9.17, 15) is 8.42 Å². The first kappa shape index (κ1) is 13.1. The molecule has 1 aromatic carbocycles. The Balaban J connectivity index is 2.53. The molecular weight excluding hydrogens is 272 g/mol. The lowest BCUT2D eigenvalue weighted by atomic mass is 10.1. The lowest BCUT2D eigenvalue weighted by Crippen LogP contribution is -2.00. The minimum Gasteiger partial charge on any atom is -0.239 e. The van der Waals surface area contributed by atoms with Gasteiger partial charge in [0.1, 0.15) is 4.90 Å². The van der Waals surface area contributed by atoms with Gasteiger partial charge in [-0.05, 0) is 18.6 Å². The molecule has 0 unspecified atom stereocenters. The largest absolute Gasteiger partial charge is 0.239 e. The van der Waals surface area contributed by atoms with Crippen LogP contribution in [-0.4, -0.2) is 24.5 Å². The van der Waals surface area contributed by atoms with Gasteiger partial charge >= 0.3 is 0 Å². The number of aromatic nitrogens is 2. The maximum atomic E-state index is 11.4. The highest BCUT2D eigenvalue weighted by Crippen LogP contribution is 2.19. The minimum atomic E-state index is -3.23. The summed E-state index contributed by atoms with van der Waals surface area (Å²) in [6.45, 7) is 1.98. The Kier molecular flexibility index (Phi) is 3.45. The first-order chi connectivity index (χ1) is 8.41. The van der Waals surface area contributed by atoms with E-state index >= 15 is 0 Å². The van der Waals surface area contributed by atoms with Crippen LogP contribution in [0.25, 0.3) is 5.69 Å². The molecule has 0 radical (unpaired) electrons. The monoisotopic (exact) mass is 284 g/mol.